The van der Waals surface area contributed by atoms with Crippen molar-refractivity contribution in [1.82, 2.24) is 0 Å². The molecule has 0 aromatic heterocycles. The van der Waals surface area contributed by atoms with Crippen molar-refractivity contribution >= 4 is 0 Å². The summed E-state index contributed by atoms with van der Waals surface area (Å²) in [5.41, 5.74) is 0. The van der Waals surface area contributed by atoms with Crippen LogP contribution in [0.15, 0.2) is 18.2 Å². The Morgan fingerprint density at radius 1 is 0.667 bits per heavy atom. The van der Waals surface area contributed by atoms with Gasteiger partial charge in [-0.1, -0.05) is 0 Å². The molecule has 1 rings (SSSR count). The van der Waals surface area contributed by atoms with E-state index in [9.17, 15) is 0 Å². The van der Waals surface area contributed by atoms with Crippen molar-refractivity contribution in [3.8, 4) is 17.2 Å². The maximum Gasteiger partial charge on any atom is 0.122 e. The van der Waals surface area contributed by atoms with E-state index in [0.717, 1.165) is 18.2 Å². The van der Waals surface area contributed by atoms with E-state index < -0.39 is 0 Å². The molecule has 3 N–H and O–H groups in total. The number of hydrogen-bond acceptors (Lipinski definition) is 3. The van der Waals surface area contributed by atoms with E-state index in [1.54, 1.807) is 0 Å². The van der Waals surface area contributed by atoms with Crippen LogP contribution in [0.3, 0.4) is 0 Å². The molecule has 0 fully saturated rings. The van der Waals surface area contributed by atoms with Gasteiger partial charge in [0.2, 0.25) is 0 Å². The summed E-state index contributed by atoms with van der Waals surface area (Å²) in [6.07, 6.45) is 0. The zero-order valence-electron chi connectivity index (χ0n) is 4.57. The van der Waals surface area contributed by atoms with Crippen LogP contribution in [0.4, 0.5) is 0 Å². The van der Waals surface area contributed by atoms with Crippen molar-refractivity contribution in [2.45, 2.75) is 0 Å². The number of phenols is 3. The second-order valence-corrected chi connectivity index (χ2v) is 1.71. The molecule has 0 radical (unpaired) electrons. The molecule has 48 valence electrons. The van der Waals surface area contributed by atoms with Crippen LogP contribution in [-0.2, 0) is 0 Å². The van der Waals surface area contributed by atoms with E-state index in [-0.39, 0.29) is 17.2 Å². The monoisotopic (exact) mass is 132 g/mol. The van der Waals surface area contributed by atoms with Crippen LogP contribution in [0.2, 0.25) is 0 Å². The smallest absolute Gasteiger partial charge is 0.122 e. The Hall–Kier alpha value is -1.38. The van der Waals surface area contributed by atoms with Crippen molar-refractivity contribution in [2.75, 3.05) is 0 Å². The lowest BCUT2D eigenvalue weighted by Crippen LogP contribution is -1.66. The summed E-state index contributed by atoms with van der Waals surface area (Å²) in [4.78, 5) is 0. The van der Waals surface area contributed by atoms with Gasteiger partial charge in [-0.05, 0) is 0 Å². The minimum Gasteiger partial charge on any atom is -0.508 e. The Bertz CT molecular complexity index is 169. The molecule has 3 nitrogen and oxygen atoms in total. The first kappa shape index (κ1) is 5.75. The molecule has 0 atom stereocenters. The molecule has 0 unspecified atom stereocenters. The summed E-state index contributed by atoms with van der Waals surface area (Å²) >= 11 is 0. The fraction of sp³-hybridized carbons (Fsp3) is 0. The molecular formula is C6H6O3. The summed E-state index contributed by atoms with van der Waals surface area (Å²) in [5, 5.41) is 26.0. The Labute approximate surface area is 51.8 Å². The van der Waals surface area contributed by atoms with Crippen LogP contribution in [-0.4, -0.2) is 15.3 Å². The average molecular weight is 132 g/mol. The molecule has 0 amide bonds. The first-order valence-electron chi connectivity index (χ1n) is 2.40. The molecule has 1 aromatic rings. The number of hydrogen-bond donors (Lipinski definition) is 3. The van der Waals surface area contributed by atoms with Crippen molar-refractivity contribution in [2.24, 2.45) is 0 Å². The molecule has 1 aromatic carbocycles. The van der Waals surface area contributed by atoms with E-state index in [1.165, 1.54) is 0 Å². The number of aromatic hydroxyl groups is 3. The highest BCUT2D eigenvalue weighted by Gasteiger charge is 1.94. The number of phenolic OH excluding ortho intramolecular Hbond substituents is 3. The highest BCUT2D eigenvalue weighted by Crippen LogP contribution is 2.23. The van der Waals surface area contributed by atoms with E-state index in [1.807, 2.05) is 0 Å². The fourth-order valence-electron chi connectivity index (χ4n) is 0.580. The Morgan fingerprint density at radius 2 is 0.889 bits per heavy atom. The molecular weight excluding hydrogens is 126 g/mol. The second kappa shape index (κ2) is 1.85. The quantitative estimate of drug-likeness (QED) is 0.489. The van der Waals surface area contributed by atoms with Gasteiger partial charge in [0.25, 0.3) is 0 Å². The molecule has 0 saturated carbocycles. The van der Waals surface area contributed by atoms with Crippen LogP contribution < -0.4 is 0 Å². The molecule has 0 bridgehead atoms. The summed E-state index contributed by atoms with van der Waals surface area (Å²) in [7, 11) is 0. The molecule has 0 aliphatic rings. The van der Waals surface area contributed by atoms with Gasteiger partial charge in [0, 0.05) is 18.2 Å². The van der Waals surface area contributed by atoms with Gasteiger partial charge >= 0.3 is 0 Å². The van der Waals surface area contributed by atoms with Gasteiger partial charge in [0.1, 0.15) is 17.2 Å². The highest BCUT2D eigenvalue weighted by molar-refractivity contribution is 5.39. The molecule has 0 aliphatic carbocycles. The predicted octanol–water partition coefficient (Wildman–Crippen LogP) is 0.803. The zero-order valence-corrected chi connectivity index (χ0v) is 4.57. The van der Waals surface area contributed by atoms with E-state index >= 15 is 0 Å². The second-order valence-electron chi connectivity index (χ2n) is 1.71. The lowest BCUT2D eigenvalue weighted by molar-refractivity contribution is 0.428. The zero-order chi connectivity index (χ0) is 6.85. The lowest BCUT2D eigenvalue weighted by Gasteiger charge is -1.94. The van der Waals surface area contributed by atoms with Crippen LogP contribution in [0.5, 0.6) is 17.2 Å². The SMILES string of the molecule is O[13c]1[13cH][13c](O)[13cH][13c](O)[13cH]1. The first-order valence-corrected chi connectivity index (χ1v) is 2.40. The van der Waals surface area contributed by atoms with Crippen LogP contribution in [0, 0.1) is 0 Å². The summed E-state index contributed by atoms with van der Waals surface area (Å²) < 4.78 is 0. The third-order valence-corrected chi connectivity index (χ3v) is 0.887. The Kier molecular flexibility index (Phi) is 1.18. The van der Waals surface area contributed by atoms with Crippen LogP contribution >= 0.6 is 0 Å². The fourth-order valence-corrected chi connectivity index (χ4v) is 0.580. The van der Waals surface area contributed by atoms with Gasteiger partial charge in [0.05, 0.1) is 0 Å². The van der Waals surface area contributed by atoms with E-state index in [4.69, 9.17) is 15.3 Å². The summed E-state index contributed by atoms with van der Waals surface area (Å²) in [6, 6.07) is 3.42. The molecule has 0 spiro atoms. The van der Waals surface area contributed by atoms with Gasteiger partial charge < -0.3 is 15.3 Å². The largest absolute Gasteiger partial charge is 0.508 e. The maximum atomic E-state index is 8.67. The first-order chi connectivity index (χ1) is 4.18. The number of benzene rings is 1. The van der Waals surface area contributed by atoms with Gasteiger partial charge in [0.15, 0.2) is 0 Å². The minimum absolute atomic E-state index is 0.146. The van der Waals surface area contributed by atoms with Crippen LogP contribution in [0.1, 0.15) is 0 Å². The van der Waals surface area contributed by atoms with Crippen molar-refractivity contribution < 1.29 is 15.3 Å². The minimum atomic E-state index is -0.146. The molecule has 0 saturated heterocycles. The van der Waals surface area contributed by atoms with Crippen molar-refractivity contribution in [1.29, 1.82) is 0 Å². The van der Waals surface area contributed by atoms with Crippen molar-refractivity contribution in [3.63, 3.8) is 0 Å². The van der Waals surface area contributed by atoms with Crippen LogP contribution in [0.25, 0.3) is 0 Å². The number of rotatable bonds is 0. The van der Waals surface area contributed by atoms with Gasteiger partial charge in [-0.25, -0.2) is 0 Å². The van der Waals surface area contributed by atoms with E-state index in [2.05, 4.69) is 0 Å². The third kappa shape index (κ3) is 1.25. The average Bonchev–Trinajstić information content (AvgIpc) is 1.59. The molecule has 0 heterocycles. The van der Waals surface area contributed by atoms with Gasteiger partial charge in [-0.3, -0.25) is 0 Å². The highest BCUT2D eigenvalue weighted by atomic mass is 16.4. The third-order valence-electron chi connectivity index (χ3n) is 0.887. The maximum absolute atomic E-state index is 8.67. The standard InChI is InChI=1S/C6H6O3/c7-4-1-5(8)3-6(9)2-4/h1-3,7-9H/i1+1,2+1,3+1,4+1,5+1,6+1. The lowest BCUT2D eigenvalue weighted by atomic mass is 11.3. The Balaban J connectivity index is 3.17. The Morgan fingerprint density at radius 3 is 1.11 bits per heavy atom. The van der Waals surface area contributed by atoms with Gasteiger partial charge in [-0.2, -0.15) is 0 Å². The predicted molar refractivity (Wildman–Crippen MR) is 31.4 cm³/mol. The summed E-state index contributed by atoms with van der Waals surface area (Å²) in [6.45, 7) is 0. The normalized spacial score (nSPS) is 9.33. The summed E-state index contributed by atoms with van der Waals surface area (Å²) in [5.74, 6) is -0.437. The van der Waals surface area contributed by atoms with Gasteiger partial charge in [-0.15, -0.1) is 0 Å². The molecule has 0 aliphatic heterocycles. The van der Waals surface area contributed by atoms with E-state index in [0.29, 0.717) is 0 Å². The van der Waals surface area contributed by atoms with Crippen molar-refractivity contribution in [3.05, 3.63) is 18.2 Å². The molecule has 3 heteroatoms. The molecule has 9 heavy (non-hydrogen) atoms. The topological polar surface area (TPSA) is 60.7 Å².